The van der Waals surface area contributed by atoms with E-state index < -0.39 is 0 Å². The Hall–Kier alpha value is -1.60. The van der Waals surface area contributed by atoms with Gasteiger partial charge in [-0.05, 0) is 48.4 Å². The van der Waals surface area contributed by atoms with Crippen molar-refractivity contribution >= 4 is 6.08 Å². The number of benzene rings is 1. The molecule has 1 saturated carbocycles. The predicted octanol–water partition coefficient (Wildman–Crippen LogP) is 3.53. The maximum Gasteiger partial charge on any atom is 0.235 e. The van der Waals surface area contributed by atoms with Crippen molar-refractivity contribution in [3.05, 3.63) is 29.3 Å². The Balaban J connectivity index is 2.49. The van der Waals surface area contributed by atoms with Gasteiger partial charge in [0.2, 0.25) is 6.08 Å². The monoisotopic (exact) mass is 245 g/mol. The van der Waals surface area contributed by atoms with Gasteiger partial charge in [-0.15, -0.1) is 0 Å². The van der Waals surface area contributed by atoms with E-state index in [1.165, 1.54) is 5.56 Å². The highest BCUT2D eigenvalue weighted by molar-refractivity contribution is 5.44. The average Bonchev–Trinajstić information content (AvgIpc) is 2.33. The number of ether oxygens (including phenoxy) is 1. The molecule has 3 heteroatoms. The first-order chi connectivity index (χ1) is 8.61. The fraction of sp³-hybridized carbons (Fsp3) is 0.533. The molecule has 0 bridgehead atoms. The lowest BCUT2D eigenvalue weighted by Crippen LogP contribution is -2.32. The van der Waals surface area contributed by atoms with Crippen LogP contribution in [0.3, 0.4) is 0 Å². The minimum absolute atomic E-state index is 0.347. The minimum Gasteiger partial charge on any atom is -0.497 e. The van der Waals surface area contributed by atoms with Gasteiger partial charge in [-0.3, -0.25) is 0 Å². The summed E-state index contributed by atoms with van der Waals surface area (Å²) in [5.74, 6) is 1.26. The van der Waals surface area contributed by atoms with Crippen LogP contribution in [0.15, 0.2) is 23.2 Å². The maximum atomic E-state index is 10.6. The summed E-state index contributed by atoms with van der Waals surface area (Å²) >= 11 is 0. The van der Waals surface area contributed by atoms with E-state index in [1.54, 1.807) is 13.2 Å². The summed E-state index contributed by atoms with van der Waals surface area (Å²) in [5.41, 5.74) is 1.96. The van der Waals surface area contributed by atoms with E-state index in [-0.39, 0.29) is 5.54 Å². The molecule has 1 aliphatic carbocycles. The van der Waals surface area contributed by atoms with Crippen molar-refractivity contribution in [2.24, 2.45) is 4.99 Å². The predicted molar refractivity (Wildman–Crippen MR) is 70.7 cm³/mol. The van der Waals surface area contributed by atoms with Gasteiger partial charge >= 0.3 is 0 Å². The zero-order valence-corrected chi connectivity index (χ0v) is 11.2. The highest BCUT2D eigenvalue weighted by atomic mass is 16.5. The Labute approximate surface area is 108 Å². The summed E-state index contributed by atoms with van der Waals surface area (Å²) in [6.07, 6.45) is 4.69. The molecule has 1 aliphatic rings. The third-order valence-corrected chi connectivity index (χ3v) is 3.81. The lowest BCUT2D eigenvalue weighted by molar-refractivity contribution is 0.254. The van der Waals surface area contributed by atoms with E-state index in [1.807, 2.05) is 12.1 Å². The lowest BCUT2D eigenvalue weighted by Gasteiger charge is -2.37. The number of carbonyl (C=O) groups excluding carboxylic acids is 1. The van der Waals surface area contributed by atoms with Crippen LogP contribution in [0.2, 0.25) is 0 Å². The zero-order chi connectivity index (χ0) is 13.2. The second-order valence-corrected chi connectivity index (χ2v) is 5.24. The summed E-state index contributed by atoms with van der Waals surface area (Å²) in [6, 6.07) is 6.18. The van der Waals surface area contributed by atoms with Crippen molar-refractivity contribution in [3.8, 4) is 5.75 Å². The minimum atomic E-state index is -0.347. The number of rotatable bonds is 4. The number of hydrogen-bond donors (Lipinski definition) is 0. The molecule has 0 atom stereocenters. The van der Waals surface area contributed by atoms with Crippen LogP contribution in [0, 0.1) is 0 Å². The third-order valence-electron chi connectivity index (χ3n) is 3.81. The molecule has 2 rings (SSSR count). The van der Waals surface area contributed by atoms with E-state index in [9.17, 15) is 4.79 Å². The Morgan fingerprint density at radius 2 is 2.06 bits per heavy atom. The Morgan fingerprint density at radius 3 is 2.50 bits per heavy atom. The zero-order valence-electron chi connectivity index (χ0n) is 11.2. The van der Waals surface area contributed by atoms with Gasteiger partial charge in [-0.2, -0.15) is 4.99 Å². The smallest absolute Gasteiger partial charge is 0.235 e. The van der Waals surface area contributed by atoms with E-state index in [0.29, 0.717) is 5.92 Å². The molecule has 3 nitrogen and oxygen atoms in total. The van der Waals surface area contributed by atoms with Crippen molar-refractivity contribution < 1.29 is 9.53 Å². The molecule has 0 radical (unpaired) electrons. The van der Waals surface area contributed by atoms with Gasteiger partial charge in [0, 0.05) is 0 Å². The van der Waals surface area contributed by atoms with Crippen molar-refractivity contribution in [1.82, 2.24) is 0 Å². The number of methoxy groups -OCH3 is 1. The van der Waals surface area contributed by atoms with Crippen LogP contribution in [-0.2, 0) is 10.3 Å². The third kappa shape index (κ3) is 2.19. The van der Waals surface area contributed by atoms with E-state index in [4.69, 9.17) is 4.74 Å². The van der Waals surface area contributed by atoms with Crippen LogP contribution in [0.5, 0.6) is 5.75 Å². The summed E-state index contributed by atoms with van der Waals surface area (Å²) in [6.45, 7) is 4.30. The van der Waals surface area contributed by atoms with Gasteiger partial charge in [-0.25, -0.2) is 4.79 Å². The van der Waals surface area contributed by atoms with Crippen LogP contribution in [-0.4, -0.2) is 13.2 Å². The van der Waals surface area contributed by atoms with Crippen LogP contribution < -0.4 is 4.74 Å². The number of nitrogens with zero attached hydrogens (tertiary/aromatic N) is 1. The molecule has 0 aliphatic heterocycles. The molecule has 0 aromatic heterocycles. The number of isocyanates is 1. The van der Waals surface area contributed by atoms with Gasteiger partial charge in [0.25, 0.3) is 0 Å². The van der Waals surface area contributed by atoms with Crippen molar-refractivity contribution in [1.29, 1.82) is 0 Å². The van der Waals surface area contributed by atoms with Gasteiger partial charge in [0.15, 0.2) is 0 Å². The summed E-state index contributed by atoms with van der Waals surface area (Å²) in [4.78, 5) is 14.7. The van der Waals surface area contributed by atoms with Crippen LogP contribution in [0.4, 0.5) is 0 Å². The Morgan fingerprint density at radius 1 is 1.33 bits per heavy atom. The van der Waals surface area contributed by atoms with Crippen LogP contribution in [0.1, 0.15) is 50.2 Å². The fourth-order valence-electron chi connectivity index (χ4n) is 2.41. The molecule has 96 valence electrons. The first kappa shape index (κ1) is 12.8. The van der Waals surface area contributed by atoms with Crippen LogP contribution in [0.25, 0.3) is 0 Å². The van der Waals surface area contributed by atoms with E-state index in [0.717, 1.165) is 30.6 Å². The molecule has 0 spiro atoms. The molecular formula is C15H19NO2. The molecular weight excluding hydrogens is 226 g/mol. The highest BCUT2D eigenvalue weighted by Crippen LogP contribution is 2.46. The van der Waals surface area contributed by atoms with E-state index in [2.05, 4.69) is 24.9 Å². The van der Waals surface area contributed by atoms with Gasteiger partial charge < -0.3 is 4.74 Å². The quantitative estimate of drug-likeness (QED) is 0.601. The number of aliphatic imine (C=N–C) groups is 1. The average molecular weight is 245 g/mol. The summed E-state index contributed by atoms with van der Waals surface area (Å²) in [7, 11) is 1.67. The standard InChI is InChI=1S/C15H19NO2/c1-11(2)12-7-13(9-14(8-12)18-3)15(16-10-17)5-4-6-15/h7-9,11H,4-6H2,1-3H3. The topological polar surface area (TPSA) is 38.7 Å². The fourth-order valence-corrected chi connectivity index (χ4v) is 2.41. The van der Waals surface area contributed by atoms with E-state index >= 15 is 0 Å². The van der Waals surface area contributed by atoms with Crippen LogP contribution >= 0.6 is 0 Å². The second-order valence-electron chi connectivity index (χ2n) is 5.24. The lowest BCUT2D eigenvalue weighted by atomic mass is 9.72. The SMILES string of the molecule is COc1cc(C(C)C)cc(C2(N=C=O)CCC2)c1. The molecule has 1 fully saturated rings. The molecule has 1 aromatic carbocycles. The van der Waals surface area contributed by atoms with Gasteiger partial charge in [-0.1, -0.05) is 19.9 Å². The molecule has 0 unspecified atom stereocenters. The molecule has 0 amide bonds. The Bertz CT molecular complexity index is 483. The molecule has 18 heavy (non-hydrogen) atoms. The maximum absolute atomic E-state index is 10.6. The van der Waals surface area contributed by atoms with Crippen molar-refractivity contribution in [3.63, 3.8) is 0 Å². The largest absolute Gasteiger partial charge is 0.497 e. The molecule has 0 saturated heterocycles. The summed E-state index contributed by atoms with van der Waals surface area (Å²) in [5, 5.41) is 0. The molecule has 0 N–H and O–H groups in total. The molecule has 0 heterocycles. The summed E-state index contributed by atoms with van der Waals surface area (Å²) < 4.78 is 5.35. The first-order valence-corrected chi connectivity index (χ1v) is 6.40. The highest BCUT2D eigenvalue weighted by Gasteiger charge is 2.39. The second kappa shape index (κ2) is 4.95. The van der Waals surface area contributed by atoms with Gasteiger partial charge in [0.05, 0.1) is 12.6 Å². The normalized spacial score (nSPS) is 16.9. The Kier molecular flexibility index (Phi) is 3.53. The molecule has 1 aromatic rings. The number of hydrogen-bond acceptors (Lipinski definition) is 3. The van der Waals surface area contributed by atoms with Crippen molar-refractivity contribution in [2.45, 2.75) is 44.6 Å². The van der Waals surface area contributed by atoms with Gasteiger partial charge in [0.1, 0.15) is 5.75 Å². The van der Waals surface area contributed by atoms with Crippen molar-refractivity contribution in [2.75, 3.05) is 7.11 Å². The first-order valence-electron chi connectivity index (χ1n) is 6.40.